The minimum Gasteiger partial charge on any atom is -0.392 e. The van der Waals surface area contributed by atoms with Crippen LogP contribution in [0.25, 0.3) is 0 Å². The first-order valence-corrected chi connectivity index (χ1v) is 11.1. The Morgan fingerprint density at radius 2 is 1.48 bits per heavy atom. The van der Waals surface area contributed by atoms with Gasteiger partial charge in [-0.25, -0.2) is 0 Å². The topological polar surface area (TPSA) is 49.3 Å². The Morgan fingerprint density at radius 1 is 0.840 bits per heavy atom. The lowest BCUT2D eigenvalue weighted by Gasteiger charge is -2.51. The number of hydrogen-bond acceptors (Lipinski definition) is 2. The summed E-state index contributed by atoms with van der Waals surface area (Å²) in [7, 11) is 0. The van der Waals surface area contributed by atoms with Gasteiger partial charge in [0, 0.05) is 6.04 Å². The molecule has 4 rings (SSSR count). The van der Waals surface area contributed by atoms with Crippen molar-refractivity contribution < 1.29 is 9.90 Å². The first kappa shape index (κ1) is 17.8. The lowest BCUT2D eigenvalue weighted by molar-refractivity contribution is -0.140. The highest BCUT2D eigenvalue weighted by Crippen LogP contribution is 2.53. The molecule has 4 saturated carbocycles. The summed E-state index contributed by atoms with van der Waals surface area (Å²) >= 11 is 0. The van der Waals surface area contributed by atoms with Crippen molar-refractivity contribution >= 4 is 5.91 Å². The molecule has 0 radical (unpaired) electrons. The number of fused-ring (bicyclic) bond motifs is 2. The third kappa shape index (κ3) is 3.63. The van der Waals surface area contributed by atoms with Crippen molar-refractivity contribution in [3.05, 3.63) is 0 Å². The molecule has 0 aromatic heterocycles. The van der Waals surface area contributed by atoms with Gasteiger partial charge in [0.1, 0.15) is 0 Å². The van der Waals surface area contributed by atoms with Crippen molar-refractivity contribution in [3.8, 4) is 0 Å². The fraction of sp³-hybridized carbons (Fsp3) is 0.955. The van der Waals surface area contributed by atoms with Crippen LogP contribution in [0.1, 0.15) is 84.0 Å². The van der Waals surface area contributed by atoms with Crippen LogP contribution in [0.15, 0.2) is 0 Å². The Morgan fingerprint density at radius 3 is 2.20 bits per heavy atom. The number of aliphatic hydroxyl groups is 1. The average molecular weight is 348 g/mol. The molecule has 7 unspecified atom stereocenters. The van der Waals surface area contributed by atoms with E-state index in [1.165, 1.54) is 57.8 Å². The Bertz CT molecular complexity index is 473. The molecule has 0 spiro atoms. The first-order valence-electron chi connectivity index (χ1n) is 11.1. The average Bonchev–Trinajstić information content (AvgIpc) is 2.64. The maximum Gasteiger partial charge on any atom is 0.225 e. The van der Waals surface area contributed by atoms with E-state index in [4.69, 9.17) is 0 Å². The molecule has 4 aliphatic rings. The van der Waals surface area contributed by atoms with Crippen molar-refractivity contribution in [2.24, 2.45) is 35.5 Å². The highest BCUT2D eigenvalue weighted by Gasteiger charge is 2.49. The lowest BCUT2D eigenvalue weighted by atomic mass is 9.55. The van der Waals surface area contributed by atoms with Crippen LogP contribution in [-0.4, -0.2) is 23.2 Å². The van der Waals surface area contributed by atoms with E-state index < -0.39 is 6.10 Å². The fourth-order valence-corrected chi connectivity index (χ4v) is 6.83. The molecule has 0 aromatic rings. The monoisotopic (exact) mass is 347 g/mol. The second-order valence-electron chi connectivity index (χ2n) is 9.74. The summed E-state index contributed by atoms with van der Waals surface area (Å²) in [5.41, 5.74) is 0. The molecule has 25 heavy (non-hydrogen) atoms. The van der Waals surface area contributed by atoms with Crippen molar-refractivity contribution in [2.75, 3.05) is 0 Å². The van der Waals surface area contributed by atoms with Gasteiger partial charge in [-0.2, -0.15) is 0 Å². The van der Waals surface area contributed by atoms with Crippen LogP contribution in [0.4, 0.5) is 0 Å². The van der Waals surface area contributed by atoms with Gasteiger partial charge in [0.25, 0.3) is 0 Å². The van der Waals surface area contributed by atoms with Gasteiger partial charge < -0.3 is 10.4 Å². The van der Waals surface area contributed by atoms with Gasteiger partial charge in [-0.15, -0.1) is 0 Å². The molecular weight excluding hydrogens is 310 g/mol. The second kappa shape index (κ2) is 7.58. The van der Waals surface area contributed by atoms with E-state index in [0.717, 1.165) is 31.1 Å². The maximum absolute atomic E-state index is 12.9. The third-order valence-electron chi connectivity index (χ3n) is 8.32. The van der Waals surface area contributed by atoms with Crippen LogP contribution < -0.4 is 5.32 Å². The SMILES string of the molecule is CC1C(O)C(C(=O)NC2CCCCC2)CC2CC3CCCCC3CC21. The summed E-state index contributed by atoms with van der Waals surface area (Å²) in [4.78, 5) is 12.9. The van der Waals surface area contributed by atoms with E-state index in [9.17, 15) is 9.90 Å². The molecule has 0 heterocycles. The minimum atomic E-state index is -0.440. The number of hydrogen-bond donors (Lipinski definition) is 2. The van der Waals surface area contributed by atoms with E-state index in [1.807, 2.05) is 0 Å². The molecule has 2 N–H and O–H groups in total. The largest absolute Gasteiger partial charge is 0.392 e. The van der Waals surface area contributed by atoms with Crippen LogP contribution in [0.2, 0.25) is 0 Å². The van der Waals surface area contributed by atoms with Crippen LogP contribution in [0.5, 0.6) is 0 Å². The maximum atomic E-state index is 12.9. The molecule has 3 nitrogen and oxygen atoms in total. The molecule has 1 amide bonds. The predicted molar refractivity (Wildman–Crippen MR) is 100.0 cm³/mol. The number of carbonyl (C=O) groups is 1. The van der Waals surface area contributed by atoms with E-state index >= 15 is 0 Å². The van der Waals surface area contributed by atoms with Crippen molar-refractivity contribution in [3.63, 3.8) is 0 Å². The smallest absolute Gasteiger partial charge is 0.225 e. The molecule has 0 bridgehead atoms. The molecule has 7 atom stereocenters. The summed E-state index contributed by atoms with van der Waals surface area (Å²) < 4.78 is 0. The zero-order valence-corrected chi connectivity index (χ0v) is 16.0. The molecule has 0 aromatic carbocycles. The molecule has 4 fully saturated rings. The number of carbonyl (C=O) groups excluding carboxylic acids is 1. The quantitative estimate of drug-likeness (QED) is 0.783. The number of nitrogens with one attached hydrogen (secondary N) is 1. The van der Waals surface area contributed by atoms with E-state index in [-0.39, 0.29) is 17.7 Å². The minimum absolute atomic E-state index is 0.149. The van der Waals surface area contributed by atoms with Crippen LogP contribution in [-0.2, 0) is 4.79 Å². The van der Waals surface area contributed by atoms with Gasteiger partial charge in [-0.3, -0.25) is 4.79 Å². The van der Waals surface area contributed by atoms with E-state index in [0.29, 0.717) is 17.9 Å². The second-order valence-corrected chi connectivity index (χ2v) is 9.74. The number of aliphatic hydroxyl groups excluding tert-OH is 1. The molecule has 0 saturated heterocycles. The Kier molecular flexibility index (Phi) is 5.41. The summed E-state index contributed by atoms with van der Waals surface area (Å²) in [5, 5.41) is 14.2. The number of amides is 1. The van der Waals surface area contributed by atoms with E-state index in [2.05, 4.69) is 12.2 Å². The fourth-order valence-electron chi connectivity index (χ4n) is 6.83. The van der Waals surface area contributed by atoms with Crippen LogP contribution in [0.3, 0.4) is 0 Å². The molecule has 3 heteroatoms. The van der Waals surface area contributed by atoms with Crippen molar-refractivity contribution in [1.82, 2.24) is 5.32 Å². The van der Waals surface area contributed by atoms with Crippen LogP contribution >= 0.6 is 0 Å². The first-order chi connectivity index (χ1) is 12.1. The summed E-state index contributed by atoms with van der Waals surface area (Å²) in [5.74, 6) is 3.38. The zero-order valence-electron chi connectivity index (χ0n) is 16.0. The van der Waals surface area contributed by atoms with Gasteiger partial charge in [0.2, 0.25) is 5.91 Å². The van der Waals surface area contributed by atoms with Gasteiger partial charge in [-0.1, -0.05) is 51.9 Å². The van der Waals surface area contributed by atoms with Gasteiger partial charge in [0.15, 0.2) is 0 Å². The van der Waals surface area contributed by atoms with Gasteiger partial charge >= 0.3 is 0 Å². The highest BCUT2D eigenvalue weighted by atomic mass is 16.3. The standard InChI is InChI=1S/C22H37NO2/c1-14-19-12-16-8-6-5-7-15(16)11-17(19)13-20(21(14)24)22(25)23-18-9-3-2-4-10-18/h14-21,24H,2-13H2,1H3,(H,23,25). The highest BCUT2D eigenvalue weighted by molar-refractivity contribution is 5.79. The van der Waals surface area contributed by atoms with Gasteiger partial charge in [0.05, 0.1) is 12.0 Å². The Labute approximate surface area is 153 Å². The summed E-state index contributed by atoms with van der Waals surface area (Å²) in [6.07, 6.45) is 14.8. The van der Waals surface area contributed by atoms with Gasteiger partial charge in [-0.05, 0) is 61.7 Å². The Balaban J connectivity index is 1.41. The molecular formula is C22H37NO2. The van der Waals surface area contributed by atoms with E-state index in [1.54, 1.807) is 0 Å². The molecule has 0 aliphatic heterocycles. The van der Waals surface area contributed by atoms with Crippen molar-refractivity contribution in [2.45, 2.75) is 96.1 Å². The predicted octanol–water partition coefficient (Wildman–Crippen LogP) is 4.28. The normalized spacial score (nSPS) is 45.3. The zero-order chi connectivity index (χ0) is 17.4. The third-order valence-corrected chi connectivity index (χ3v) is 8.32. The van der Waals surface area contributed by atoms with Crippen LogP contribution in [0, 0.1) is 35.5 Å². The number of rotatable bonds is 2. The molecule has 4 aliphatic carbocycles. The molecule has 142 valence electrons. The summed E-state index contributed by atoms with van der Waals surface area (Å²) in [6, 6.07) is 0.357. The van der Waals surface area contributed by atoms with Crippen molar-refractivity contribution in [1.29, 1.82) is 0 Å². The Hall–Kier alpha value is -0.570. The summed E-state index contributed by atoms with van der Waals surface area (Å²) in [6.45, 7) is 2.21. The lowest BCUT2D eigenvalue weighted by Crippen LogP contribution is -2.53.